The Labute approximate surface area is 113 Å². The minimum absolute atomic E-state index is 0.514. The van der Waals surface area contributed by atoms with Gasteiger partial charge in [0.1, 0.15) is 0 Å². The van der Waals surface area contributed by atoms with Crippen molar-refractivity contribution in [3.05, 3.63) is 0 Å². The van der Waals surface area contributed by atoms with Gasteiger partial charge in [0.25, 0.3) is 0 Å². The lowest BCUT2D eigenvalue weighted by Gasteiger charge is -2.45. The van der Waals surface area contributed by atoms with E-state index in [4.69, 9.17) is 0 Å². The third-order valence-corrected chi connectivity index (χ3v) is 6.81. The molecule has 0 aromatic rings. The molecule has 2 unspecified atom stereocenters. The maximum atomic E-state index is 4.08. The second-order valence-corrected chi connectivity index (χ2v) is 8.35. The van der Waals surface area contributed by atoms with E-state index in [1.54, 1.807) is 0 Å². The summed E-state index contributed by atoms with van der Waals surface area (Å²) in [5.41, 5.74) is 1.10. The molecule has 1 heteroatoms. The van der Waals surface area contributed by atoms with Crippen molar-refractivity contribution in [3.63, 3.8) is 0 Å². The van der Waals surface area contributed by atoms with Crippen LogP contribution in [-0.4, -0.2) is 12.1 Å². The smallest absolute Gasteiger partial charge is 0.0177 e. The Kier molecular flexibility index (Phi) is 3.05. The summed E-state index contributed by atoms with van der Waals surface area (Å²) in [7, 11) is 0. The van der Waals surface area contributed by atoms with Gasteiger partial charge in [-0.2, -0.15) is 0 Å². The Balaban J connectivity index is 1.71. The van der Waals surface area contributed by atoms with Crippen molar-refractivity contribution < 1.29 is 0 Å². The molecule has 0 aromatic heterocycles. The summed E-state index contributed by atoms with van der Waals surface area (Å²) in [5, 5.41) is 4.08. The van der Waals surface area contributed by atoms with Gasteiger partial charge in [-0.1, -0.05) is 33.6 Å². The van der Waals surface area contributed by atoms with Gasteiger partial charge in [-0.3, -0.25) is 0 Å². The molecule has 1 N–H and O–H groups in total. The third-order valence-electron chi connectivity index (χ3n) is 6.81. The molecule has 0 amide bonds. The van der Waals surface area contributed by atoms with Crippen molar-refractivity contribution in [1.29, 1.82) is 0 Å². The first kappa shape index (κ1) is 13.0. The predicted molar refractivity (Wildman–Crippen MR) is 77.6 cm³/mol. The van der Waals surface area contributed by atoms with Gasteiger partial charge in [-0.05, 0) is 61.7 Å². The lowest BCUT2D eigenvalue weighted by molar-refractivity contribution is 0.0922. The molecule has 3 fully saturated rings. The van der Waals surface area contributed by atoms with E-state index >= 15 is 0 Å². The molecule has 0 aliphatic heterocycles. The normalized spacial score (nSPS) is 44.7. The lowest BCUT2D eigenvalue weighted by Crippen LogP contribution is -2.54. The molecule has 2 bridgehead atoms. The molecule has 0 heterocycles. The first-order valence-corrected chi connectivity index (χ1v) is 8.19. The molecule has 3 aliphatic carbocycles. The number of hydrogen-bond acceptors (Lipinski definition) is 1. The van der Waals surface area contributed by atoms with E-state index in [-0.39, 0.29) is 0 Å². The Bertz CT molecular complexity index is 311. The van der Waals surface area contributed by atoms with Crippen molar-refractivity contribution in [2.24, 2.45) is 22.7 Å². The van der Waals surface area contributed by atoms with Crippen molar-refractivity contribution in [1.82, 2.24) is 5.32 Å². The predicted octanol–water partition coefficient (Wildman–Crippen LogP) is 4.37. The molecule has 1 nitrogen and oxygen atoms in total. The summed E-state index contributed by atoms with van der Waals surface area (Å²) in [4.78, 5) is 0. The zero-order valence-electron chi connectivity index (χ0n) is 12.8. The van der Waals surface area contributed by atoms with Gasteiger partial charge >= 0.3 is 0 Å². The van der Waals surface area contributed by atoms with Crippen molar-refractivity contribution in [3.8, 4) is 0 Å². The van der Waals surface area contributed by atoms with Crippen LogP contribution in [0.15, 0.2) is 0 Å². The maximum absolute atomic E-state index is 4.08. The zero-order chi connectivity index (χ0) is 13.0. The Morgan fingerprint density at radius 2 is 1.72 bits per heavy atom. The van der Waals surface area contributed by atoms with Gasteiger partial charge in [0.2, 0.25) is 0 Å². The van der Waals surface area contributed by atoms with Gasteiger partial charge < -0.3 is 5.32 Å². The zero-order valence-corrected chi connectivity index (χ0v) is 12.8. The van der Waals surface area contributed by atoms with Gasteiger partial charge in [0.05, 0.1) is 0 Å². The molecule has 0 radical (unpaired) electrons. The summed E-state index contributed by atoms with van der Waals surface area (Å²) in [6.07, 6.45) is 10.2. The number of nitrogens with one attached hydrogen (secondary N) is 1. The quantitative estimate of drug-likeness (QED) is 0.783. The Hall–Kier alpha value is -0.0400. The van der Waals surface area contributed by atoms with E-state index in [9.17, 15) is 0 Å². The molecule has 3 saturated carbocycles. The standard InChI is InChI=1S/C17H31N/c1-12(13-7-5-6-8-13)18-15-16(2,3)14-9-10-17(15,4)11-14/h12-15,18H,5-11H2,1-4H3/t12?,14-,15?,17+/m0/s1. The van der Waals surface area contributed by atoms with Crippen LogP contribution >= 0.6 is 0 Å². The highest BCUT2D eigenvalue weighted by Gasteiger charge is 2.59. The van der Waals surface area contributed by atoms with Crippen molar-refractivity contribution >= 4 is 0 Å². The minimum Gasteiger partial charge on any atom is -0.310 e. The molecule has 3 aliphatic rings. The number of fused-ring (bicyclic) bond motifs is 2. The van der Waals surface area contributed by atoms with E-state index in [2.05, 4.69) is 33.0 Å². The van der Waals surface area contributed by atoms with E-state index in [0.29, 0.717) is 10.8 Å². The number of hydrogen-bond donors (Lipinski definition) is 1. The molecule has 4 atom stereocenters. The first-order chi connectivity index (χ1) is 8.43. The van der Waals surface area contributed by atoms with Crippen LogP contribution in [0.2, 0.25) is 0 Å². The topological polar surface area (TPSA) is 12.0 Å². The summed E-state index contributed by atoms with van der Waals surface area (Å²) >= 11 is 0. The average molecular weight is 249 g/mol. The van der Waals surface area contributed by atoms with Crippen LogP contribution in [0.25, 0.3) is 0 Å². The number of rotatable bonds is 3. The third kappa shape index (κ3) is 1.85. The van der Waals surface area contributed by atoms with Gasteiger partial charge in [0.15, 0.2) is 0 Å². The highest BCUT2D eigenvalue weighted by molar-refractivity contribution is 5.12. The second-order valence-electron chi connectivity index (χ2n) is 8.35. The fourth-order valence-electron chi connectivity index (χ4n) is 5.57. The maximum Gasteiger partial charge on any atom is 0.0177 e. The summed E-state index contributed by atoms with van der Waals surface area (Å²) in [5.74, 6) is 1.92. The van der Waals surface area contributed by atoms with E-state index in [1.165, 1.54) is 44.9 Å². The highest BCUT2D eigenvalue weighted by Crippen LogP contribution is 2.62. The molecule has 18 heavy (non-hydrogen) atoms. The van der Waals surface area contributed by atoms with Crippen LogP contribution in [0.4, 0.5) is 0 Å². The molecule has 104 valence electrons. The molecular weight excluding hydrogens is 218 g/mol. The molecular formula is C17H31N. The average Bonchev–Trinajstić information content (AvgIpc) is 2.96. The first-order valence-electron chi connectivity index (χ1n) is 8.19. The minimum atomic E-state index is 0.514. The fraction of sp³-hybridized carbons (Fsp3) is 1.00. The Morgan fingerprint density at radius 1 is 1.06 bits per heavy atom. The molecule has 0 saturated heterocycles. The van der Waals surface area contributed by atoms with Crippen LogP contribution in [0.3, 0.4) is 0 Å². The van der Waals surface area contributed by atoms with Crippen LogP contribution < -0.4 is 5.32 Å². The van der Waals surface area contributed by atoms with E-state index < -0.39 is 0 Å². The van der Waals surface area contributed by atoms with Gasteiger partial charge in [0, 0.05) is 12.1 Å². The summed E-state index contributed by atoms with van der Waals surface area (Å²) < 4.78 is 0. The monoisotopic (exact) mass is 249 g/mol. The van der Waals surface area contributed by atoms with E-state index in [1.807, 2.05) is 0 Å². The Morgan fingerprint density at radius 3 is 2.28 bits per heavy atom. The van der Waals surface area contributed by atoms with Crippen molar-refractivity contribution in [2.75, 3.05) is 0 Å². The van der Waals surface area contributed by atoms with Gasteiger partial charge in [-0.15, -0.1) is 0 Å². The van der Waals surface area contributed by atoms with Crippen LogP contribution in [0.1, 0.15) is 72.6 Å². The molecule has 3 rings (SSSR count). The largest absolute Gasteiger partial charge is 0.310 e. The van der Waals surface area contributed by atoms with Crippen LogP contribution in [0, 0.1) is 22.7 Å². The van der Waals surface area contributed by atoms with Crippen LogP contribution in [-0.2, 0) is 0 Å². The summed E-state index contributed by atoms with van der Waals surface area (Å²) in [6.45, 7) is 10.0. The van der Waals surface area contributed by atoms with Crippen LogP contribution in [0.5, 0.6) is 0 Å². The lowest BCUT2D eigenvalue weighted by atomic mass is 9.68. The molecule has 0 spiro atoms. The van der Waals surface area contributed by atoms with E-state index in [0.717, 1.165) is 23.9 Å². The fourth-order valence-corrected chi connectivity index (χ4v) is 5.57. The SMILES string of the molecule is CC(NC1C(C)(C)[C@H]2CC[C@]1(C)C2)C1CCCC1. The van der Waals surface area contributed by atoms with Crippen molar-refractivity contribution in [2.45, 2.75) is 84.7 Å². The second kappa shape index (κ2) is 4.23. The highest BCUT2D eigenvalue weighted by atomic mass is 15.0. The summed E-state index contributed by atoms with van der Waals surface area (Å²) in [6, 6.07) is 1.48. The molecule has 0 aromatic carbocycles. The van der Waals surface area contributed by atoms with Gasteiger partial charge in [-0.25, -0.2) is 0 Å².